The van der Waals surface area contributed by atoms with Gasteiger partial charge in [-0.25, -0.2) is 0 Å². The molecule has 0 unspecified atom stereocenters. The van der Waals surface area contributed by atoms with Gasteiger partial charge in [0.2, 0.25) is 0 Å². The fourth-order valence-corrected chi connectivity index (χ4v) is 3.37. The number of rotatable bonds is 5. The summed E-state index contributed by atoms with van der Waals surface area (Å²) < 4.78 is 6.44. The lowest BCUT2D eigenvalue weighted by Gasteiger charge is -2.09. The Hall–Kier alpha value is -0.840. The molecule has 19 heavy (non-hydrogen) atoms. The first-order valence-electron chi connectivity index (χ1n) is 6.19. The Kier molecular flexibility index (Phi) is 5.02. The van der Waals surface area contributed by atoms with Gasteiger partial charge in [-0.3, -0.25) is 0 Å². The highest BCUT2D eigenvalue weighted by atomic mass is 79.9. The SMILES string of the molecule is COc1ccc(Br)cc1CNCc1cc(C)c(C)s1. The van der Waals surface area contributed by atoms with Crippen LogP contribution in [0.25, 0.3) is 0 Å². The molecule has 0 aliphatic rings. The number of halogens is 1. The van der Waals surface area contributed by atoms with Crippen molar-refractivity contribution < 1.29 is 4.74 Å². The quantitative estimate of drug-likeness (QED) is 0.870. The average molecular weight is 340 g/mol. The van der Waals surface area contributed by atoms with Crippen molar-refractivity contribution in [2.75, 3.05) is 7.11 Å². The Bertz CT molecular complexity index is 546. The molecule has 0 amide bonds. The minimum Gasteiger partial charge on any atom is -0.496 e. The summed E-state index contributed by atoms with van der Waals surface area (Å²) in [4.78, 5) is 2.78. The van der Waals surface area contributed by atoms with Crippen molar-refractivity contribution in [3.05, 3.63) is 49.6 Å². The molecule has 0 saturated heterocycles. The number of nitrogens with one attached hydrogen (secondary N) is 1. The van der Waals surface area contributed by atoms with Crippen molar-refractivity contribution in [2.24, 2.45) is 0 Å². The van der Waals surface area contributed by atoms with Crippen molar-refractivity contribution in [3.8, 4) is 5.75 Å². The van der Waals surface area contributed by atoms with E-state index in [1.807, 2.05) is 23.5 Å². The number of hydrogen-bond acceptors (Lipinski definition) is 3. The van der Waals surface area contributed by atoms with Crippen LogP contribution in [-0.2, 0) is 13.1 Å². The summed E-state index contributed by atoms with van der Waals surface area (Å²) >= 11 is 5.35. The maximum absolute atomic E-state index is 5.37. The Balaban J connectivity index is 1.97. The Labute approximate surface area is 126 Å². The summed E-state index contributed by atoms with van der Waals surface area (Å²) in [5, 5.41) is 3.47. The lowest BCUT2D eigenvalue weighted by atomic mass is 10.2. The van der Waals surface area contributed by atoms with Crippen molar-refractivity contribution in [1.29, 1.82) is 0 Å². The molecule has 4 heteroatoms. The number of ether oxygens (including phenoxy) is 1. The number of hydrogen-bond donors (Lipinski definition) is 1. The molecule has 0 spiro atoms. The van der Waals surface area contributed by atoms with Crippen LogP contribution in [0.2, 0.25) is 0 Å². The van der Waals surface area contributed by atoms with E-state index in [2.05, 4.69) is 47.2 Å². The van der Waals surface area contributed by atoms with Crippen LogP contribution >= 0.6 is 27.3 Å². The van der Waals surface area contributed by atoms with Gasteiger partial charge in [-0.05, 0) is 43.7 Å². The molecule has 2 nitrogen and oxygen atoms in total. The maximum atomic E-state index is 5.37. The van der Waals surface area contributed by atoms with E-state index in [1.54, 1.807) is 7.11 Å². The van der Waals surface area contributed by atoms with Crippen LogP contribution in [0.3, 0.4) is 0 Å². The summed E-state index contributed by atoms with van der Waals surface area (Å²) in [6, 6.07) is 8.33. The number of benzene rings is 1. The molecule has 1 aromatic heterocycles. The molecule has 1 heterocycles. The van der Waals surface area contributed by atoms with Crippen LogP contribution in [0.15, 0.2) is 28.7 Å². The molecule has 0 fully saturated rings. The molecule has 0 radical (unpaired) electrons. The Morgan fingerprint density at radius 1 is 1.21 bits per heavy atom. The molecule has 1 N–H and O–H groups in total. The van der Waals surface area contributed by atoms with Gasteiger partial charge in [0, 0.05) is 32.9 Å². The molecule has 0 aliphatic heterocycles. The van der Waals surface area contributed by atoms with Gasteiger partial charge in [-0.1, -0.05) is 15.9 Å². The van der Waals surface area contributed by atoms with Gasteiger partial charge in [0.15, 0.2) is 0 Å². The molecule has 102 valence electrons. The first-order valence-corrected chi connectivity index (χ1v) is 7.80. The molecule has 1 aromatic carbocycles. The zero-order chi connectivity index (χ0) is 13.8. The van der Waals surface area contributed by atoms with Crippen molar-refractivity contribution in [1.82, 2.24) is 5.32 Å². The molecular weight excluding hydrogens is 322 g/mol. The van der Waals surface area contributed by atoms with E-state index in [9.17, 15) is 0 Å². The molecule has 0 bridgehead atoms. The highest BCUT2D eigenvalue weighted by Gasteiger charge is 2.05. The standard InChI is InChI=1S/C15H18BrNOS/c1-10-6-14(19-11(10)2)9-17-8-12-7-13(16)4-5-15(12)18-3/h4-7,17H,8-9H2,1-3H3. The highest BCUT2D eigenvalue weighted by Crippen LogP contribution is 2.24. The summed E-state index contributed by atoms with van der Waals surface area (Å²) in [6.45, 7) is 6.03. The minimum atomic E-state index is 0.804. The lowest BCUT2D eigenvalue weighted by molar-refractivity contribution is 0.407. The van der Waals surface area contributed by atoms with Gasteiger partial charge in [0.25, 0.3) is 0 Å². The van der Waals surface area contributed by atoms with E-state index in [0.717, 1.165) is 23.3 Å². The van der Waals surface area contributed by atoms with Crippen molar-refractivity contribution >= 4 is 27.3 Å². The first-order chi connectivity index (χ1) is 9.10. The van der Waals surface area contributed by atoms with Crippen molar-refractivity contribution in [3.63, 3.8) is 0 Å². The van der Waals surface area contributed by atoms with Crippen LogP contribution in [0.5, 0.6) is 5.75 Å². The molecule has 0 atom stereocenters. The van der Waals surface area contributed by atoms with Gasteiger partial charge >= 0.3 is 0 Å². The average Bonchev–Trinajstić information content (AvgIpc) is 2.69. The van der Waals surface area contributed by atoms with Gasteiger partial charge in [0.05, 0.1) is 7.11 Å². The van der Waals surface area contributed by atoms with Crippen LogP contribution in [0.1, 0.15) is 20.9 Å². The summed E-state index contributed by atoms with van der Waals surface area (Å²) in [7, 11) is 1.71. The van der Waals surface area contributed by atoms with E-state index in [-0.39, 0.29) is 0 Å². The van der Waals surface area contributed by atoms with Gasteiger partial charge in [-0.15, -0.1) is 11.3 Å². The Morgan fingerprint density at radius 2 is 2.00 bits per heavy atom. The third-order valence-electron chi connectivity index (χ3n) is 3.07. The largest absolute Gasteiger partial charge is 0.496 e. The smallest absolute Gasteiger partial charge is 0.123 e. The van der Waals surface area contributed by atoms with E-state index in [4.69, 9.17) is 4.74 Å². The minimum absolute atomic E-state index is 0.804. The molecule has 0 saturated carbocycles. The third-order valence-corrected chi connectivity index (χ3v) is 4.72. The fourth-order valence-electron chi connectivity index (χ4n) is 1.94. The molecular formula is C15H18BrNOS. The normalized spacial score (nSPS) is 10.7. The molecule has 2 rings (SSSR count). The zero-order valence-electron chi connectivity index (χ0n) is 11.4. The third kappa shape index (κ3) is 3.81. The van der Waals surface area contributed by atoms with Gasteiger partial charge in [0.1, 0.15) is 5.75 Å². The Morgan fingerprint density at radius 3 is 2.63 bits per heavy atom. The van der Waals surface area contributed by atoms with E-state index >= 15 is 0 Å². The van der Waals surface area contributed by atoms with Crippen LogP contribution in [0, 0.1) is 13.8 Å². The molecule has 0 aliphatic carbocycles. The van der Waals surface area contributed by atoms with E-state index in [1.165, 1.54) is 20.9 Å². The second kappa shape index (κ2) is 6.55. The van der Waals surface area contributed by atoms with Crippen molar-refractivity contribution in [2.45, 2.75) is 26.9 Å². The van der Waals surface area contributed by atoms with Gasteiger partial charge < -0.3 is 10.1 Å². The topological polar surface area (TPSA) is 21.3 Å². The summed E-state index contributed by atoms with van der Waals surface area (Å²) in [5.41, 5.74) is 2.55. The van der Waals surface area contributed by atoms with Crippen LogP contribution in [0.4, 0.5) is 0 Å². The number of aryl methyl sites for hydroxylation is 2. The van der Waals surface area contributed by atoms with E-state index in [0.29, 0.717) is 0 Å². The predicted molar refractivity (Wildman–Crippen MR) is 85.0 cm³/mol. The first kappa shape index (κ1) is 14.6. The number of methoxy groups -OCH3 is 1. The summed E-state index contributed by atoms with van der Waals surface area (Å²) in [6.07, 6.45) is 0. The second-order valence-electron chi connectivity index (χ2n) is 4.51. The monoisotopic (exact) mass is 339 g/mol. The zero-order valence-corrected chi connectivity index (χ0v) is 13.8. The summed E-state index contributed by atoms with van der Waals surface area (Å²) in [5.74, 6) is 0.925. The van der Waals surface area contributed by atoms with Crippen LogP contribution < -0.4 is 10.1 Å². The second-order valence-corrected chi connectivity index (χ2v) is 6.77. The predicted octanol–water partition coefficient (Wildman–Crippen LogP) is 4.43. The highest BCUT2D eigenvalue weighted by molar-refractivity contribution is 9.10. The van der Waals surface area contributed by atoms with Crippen LogP contribution in [-0.4, -0.2) is 7.11 Å². The number of thiophene rings is 1. The molecule has 2 aromatic rings. The van der Waals surface area contributed by atoms with Gasteiger partial charge in [-0.2, -0.15) is 0 Å². The fraction of sp³-hybridized carbons (Fsp3) is 0.333. The van der Waals surface area contributed by atoms with E-state index < -0.39 is 0 Å². The maximum Gasteiger partial charge on any atom is 0.123 e. The lowest BCUT2D eigenvalue weighted by Crippen LogP contribution is -2.12.